The van der Waals surface area contributed by atoms with Crippen LogP contribution in [0.3, 0.4) is 0 Å². The summed E-state index contributed by atoms with van der Waals surface area (Å²) in [6.45, 7) is 2.28. The van der Waals surface area contributed by atoms with Crippen LogP contribution in [-0.4, -0.2) is 58.5 Å². The van der Waals surface area contributed by atoms with E-state index in [1.807, 2.05) is 6.07 Å². The average Bonchev–Trinajstić information content (AvgIpc) is 3.40. The molecule has 1 N–H and O–H groups in total. The normalized spacial score (nSPS) is 24.7. The number of nitrogens with zero attached hydrogens (tertiary/aromatic N) is 1. The lowest BCUT2D eigenvalue weighted by Crippen LogP contribution is -2.49. The van der Waals surface area contributed by atoms with Gasteiger partial charge in [-0.15, -0.1) is 0 Å². The molecule has 2 atom stereocenters. The fraction of sp³-hybridized carbons (Fsp3) is 0.684. The van der Waals surface area contributed by atoms with Crippen molar-refractivity contribution < 1.29 is 14.2 Å². The minimum atomic E-state index is 0.580. The Kier molecular flexibility index (Phi) is 5.51. The fourth-order valence-corrected chi connectivity index (χ4v) is 3.80. The molecule has 5 nitrogen and oxygen atoms in total. The summed E-state index contributed by atoms with van der Waals surface area (Å²) in [5, 5.41) is 3.85. The van der Waals surface area contributed by atoms with Crippen LogP contribution in [0.25, 0.3) is 0 Å². The van der Waals surface area contributed by atoms with Crippen molar-refractivity contribution in [2.24, 2.45) is 5.92 Å². The van der Waals surface area contributed by atoms with Crippen molar-refractivity contribution in [3.8, 4) is 17.2 Å². The number of benzene rings is 1. The third-order valence-corrected chi connectivity index (χ3v) is 5.23. The zero-order valence-corrected chi connectivity index (χ0v) is 15.3. The van der Waals surface area contributed by atoms with Crippen LogP contribution in [-0.2, 0) is 6.42 Å². The van der Waals surface area contributed by atoms with Crippen molar-refractivity contribution in [3.63, 3.8) is 0 Å². The third kappa shape index (κ3) is 3.78. The van der Waals surface area contributed by atoms with Crippen molar-refractivity contribution in [1.82, 2.24) is 10.2 Å². The van der Waals surface area contributed by atoms with Gasteiger partial charge in [0.05, 0.1) is 21.3 Å². The molecule has 1 saturated heterocycles. The lowest BCUT2D eigenvalue weighted by atomic mass is 9.86. The van der Waals surface area contributed by atoms with E-state index in [1.165, 1.54) is 31.4 Å². The minimum absolute atomic E-state index is 0.580. The standard InChI is InChI=1S/C19H30N2O3/c1-21-10-9-16(20-15-6-7-15)14(12-21)11-13-5-8-17(22-2)19(24-4)18(13)23-3/h5,8,14-16,20H,6-7,9-12H2,1-4H3/t14-,16-/m1/s1. The molecule has 0 radical (unpaired) electrons. The van der Waals surface area contributed by atoms with Gasteiger partial charge in [-0.25, -0.2) is 0 Å². The Hall–Kier alpha value is -1.46. The predicted molar refractivity (Wildman–Crippen MR) is 95.4 cm³/mol. The van der Waals surface area contributed by atoms with Gasteiger partial charge in [-0.2, -0.15) is 0 Å². The maximum absolute atomic E-state index is 5.67. The number of hydrogen-bond acceptors (Lipinski definition) is 5. The highest BCUT2D eigenvalue weighted by molar-refractivity contribution is 5.55. The summed E-state index contributed by atoms with van der Waals surface area (Å²) in [5.41, 5.74) is 1.19. The minimum Gasteiger partial charge on any atom is -0.493 e. The second-order valence-electron chi connectivity index (χ2n) is 7.06. The van der Waals surface area contributed by atoms with E-state index in [9.17, 15) is 0 Å². The first-order valence-corrected chi connectivity index (χ1v) is 8.88. The van der Waals surface area contributed by atoms with E-state index in [0.29, 0.717) is 23.5 Å². The number of piperidine rings is 1. The third-order valence-electron chi connectivity index (χ3n) is 5.23. The van der Waals surface area contributed by atoms with Crippen molar-refractivity contribution in [1.29, 1.82) is 0 Å². The van der Waals surface area contributed by atoms with Gasteiger partial charge in [-0.05, 0) is 56.8 Å². The van der Waals surface area contributed by atoms with Crippen molar-refractivity contribution in [2.45, 2.75) is 37.8 Å². The SMILES string of the molecule is COc1ccc(C[C@@H]2CN(C)CC[C@H]2NC2CC2)c(OC)c1OC. The second kappa shape index (κ2) is 7.62. The zero-order valence-electron chi connectivity index (χ0n) is 15.3. The van der Waals surface area contributed by atoms with Gasteiger partial charge in [0.1, 0.15) is 0 Å². The second-order valence-corrected chi connectivity index (χ2v) is 7.06. The molecule has 1 aromatic carbocycles. The molecule has 3 rings (SSSR count). The quantitative estimate of drug-likeness (QED) is 0.829. The van der Waals surface area contributed by atoms with E-state index in [-0.39, 0.29) is 0 Å². The molecule has 1 aliphatic heterocycles. The molecular weight excluding hydrogens is 304 g/mol. The van der Waals surface area contributed by atoms with Crippen LogP contribution in [0, 0.1) is 5.92 Å². The highest BCUT2D eigenvalue weighted by Crippen LogP contribution is 2.41. The number of methoxy groups -OCH3 is 3. The monoisotopic (exact) mass is 334 g/mol. The maximum Gasteiger partial charge on any atom is 0.203 e. The summed E-state index contributed by atoms with van der Waals surface area (Å²) in [6.07, 6.45) is 4.86. The van der Waals surface area contributed by atoms with Gasteiger partial charge in [0.25, 0.3) is 0 Å². The molecule has 0 unspecified atom stereocenters. The van der Waals surface area contributed by atoms with Crippen molar-refractivity contribution >= 4 is 0 Å². The first-order valence-electron chi connectivity index (χ1n) is 8.88. The summed E-state index contributed by atoms with van der Waals surface area (Å²) in [4.78, 5) is 2.43. The highest BCUT2D eigenvalue weighted by atomic mass is 16.5. The first-order chi connectivity index (χ1) is 11.7. The molecule has 0 aromatic heterocycles. The summed E-state index contributed by atoms with van der Waals surface area (Å²) in [6, 6.07) is 5.43. The van der Waals surface area contributed by atoms with Gasteiger partial charge in [0, 0.05) is 18.6 Å². The summed E-state index contributed by atoms with van der Waals surface area (Å²) in [5.74, 6) is 2.78. The topological polar surface area (TPSA) is 43.0 Å². The Labute approximate surface area is 145 Å². The fourth-order valence-electron chi connectivity index (χ4n) is 3.80. The van der Waals surface area contributed by atoms with E-state index in [1.54, 1.807) is 21.3 Å². The number of rotatable bonds is 7. The molecule has 1 aromatic rings. The molecule has 2 aliphatic rings. The Morgan fingerprint density at radius 1 is 1.04 bits per heavy atom. The Balaban J connectivity index is 1.81. The predicted octanol–water partition coefficient (Wildman–Crippen LogP) is 2.33. The first kappa shape index (κ1) is 17.4. The average molecular weight is 334 g/mol. The van der Waals surface area contributed by atoms with Crippen LogP contribution in [0.1, 0.15) is 24.8 Å². The van der Waals surface area contributed by atoms with Crippen molar-refractivity contribution in [3.05, 3.63) is 17.7 Å². The van der Waals surface area contributed by atoms with Crippen LogP contribution in [0.5, 0.6) is 17.2 Å². The molecule has 0 bridgehead atoms. The van der Waals surface area contributed by atoms with Gasteiger partial charge in [0.2, 0.25) is 5.75 Å². The number of hydrogen-bond donors (Lipinski definition) is 1. The lowest BCUT2D eigenvalue weighted by molar-refractivity contribution is 0.161. The molecule has 1 saturated carbocycles. The summed E-state index contributed by atoms with van der Waals surface area (Å²) < 4.78 is 16.6. The molecule has 24 heavy (non-hydrogen) atoms. The Morgan fingerprint density at radius 2 is 1.79 bits per heavy atom. The molecule has 0 spiro atoms. The lowest BCUT2D eigenvalue weighted by Gasteiger charge is -2.38. The smallest absolute Gasteiger partial charge is 0.203 e. The summed E-state index contributed by atoms with van der Waals surface area (Å²) >= 11 is 0. The van der Waals surface area contributed by atoms with Crippen LogP contribution in [0.15, 0.2) is 12.1 Å². The zero-order chi connectivity index (χ0) is 17.1. The van der Waals surface area contributed by atoms with E-state index in [2.05, 4.69) is 23.3 Å². The van der Waals surface area contributed by atoms with Crippen LogP contribution in [0.4, 0.5) is 0 Å². The molecule has 5 heteroatoms. The van der Waals surface area contributed by atoms with Crippen LogP contribution < -0.4 is 19.5 Å². The van der Waals surface area contributed by atoms with E-state index in [0.717, 1.165) is 24.8 Å². The van der Waals surface area contributed by atoms with Crippen LogP contribution in [0.2, 0.25) is 0 Å². The van der Waals surface area contributed by atoms with Gasteiger partial charge >= 0.3 is 0 Å². The van der Waals surface area contributed by atoms with E-state index in [4.69, 9.17) is 14.2 Å². The molecule has 0 amide bonds. The molecular formula is C19H30N2O3. The van der Waals surface area contributed by atoms with Crippen molar-refractivity contribution in [2.75, 3.05) is 41.5 Å². The largest absolute Gasteiger partial charge is 0.493 e. The molecule has 1 aliphatic carbocycles. The highest BCUT2D eigenvalue weighted by Gasteiger charge is 2.33. The summed E-state index contributed by atoms with van der Waals surface area (Å²) in [7, 11) is 7.23. The Bertz CT molecular complexity index is 560. The van der Waals surface area contributed by atoms with Gasteiger partial charge < -0.3 is 24.4 Å². The van der Waals surface area contributed by atoms with Gasteiger partial charge in [-0.1, -0.05) is 6.07 Å². The maximum atomic E-state index is 5.67. The van der Waals surface area contributed by atoms with Gasteiger partial charge in [-0.3, -0.25) is 0 Å². The molecule has 2 fully saturated rings. The Morgan fingerprint density at radius 3 is 2.42 bits per heavy atom. The number of nitrogens with one attached hydrogen (secondary N) is 1. The number of ether oxygens (including phenoxy) is 3. The van der Waals surface area contributed by atoms with Gasteiger partial charge in [0.15, 0.2) is 11.5 Å². The molecule has 134 valence electrons. The van der Waals surface area contributed by atoms with E-state index >= 15 is 0 Å². The molecule has 1 heterocycles. The number of likely N-dealkylation sites (tertiary alicyclic amines) is 1. The van der Waals surface area contributed by atoms with Crippen LogP contribution >= 0.6 is 0 Å². The van der Waals surface area contributed by atoms with E-state index < -0.39 is 0 Å².